The van der Waals surface area contributed by atoms with Gasteiger partial charge in [-0.05, 0) is 119 Å². The Kier molecular flexibility index (Phi) is 14.7. The molecular formula is C80H77N4O2Pt-3. The third-order valence-electron chi connectivity index (χ3n) is 17.3. The van der Waals surface area contributed by atoms with Gasteiger partial charge >= 0.3 is 0 Å². The second-order valence-corrected chi connectivity index (χ2v) is 28.7. The average Bonchev–Trinajstić information content (AvgIpc) is 1.63. The van der Waals surface area contributed by atoms with Gasteiger partial charge in [0.25, 0.3) is 0 Å². The zero-order valence-corrected chi connectivity index (χ0v) is 55.2. The van der Waals surface area contributed by atoms with Crippen LogP contribution in [0.25, 0.3) is 82.9 Å². The summed E-state index contributed by atoms with van der Waals surface area (Å²) in [5.41, 5.74) is 20.1. The second-order valence-electron chi connectivity index (χ2n) is 28.7. The van der Waals surface area contributed by atoms with Gasteiger partial charge in [-0.2, -0.15) is 6.07 Å². The first-order valence-electron chi connectivity index (χ1n) is 30.3. The molecule has 0 bridgehead atoms. The fourth-order valence-corrected chi connectivity index (χ4v) is 12.6. The summed E-state index contributed by atoms with van der Waals surface area (Å²) in [6.07, 6.45) is 1.92. The first-order chi connectivity index (χ1) is 40.8. The van der Waals surface area contributed by atoms with Gasteiger partial charge in [0, 0.05) is 83.2 Å². The van der Waals surface area contributed by atoms with Crippen molar-refractivity contribution in [3.8, 4) is 50.7 Å². The predicted molar refractivity (Wildman–Crippen MR) is 361 cm³/mol. The van der Waals surface area contributed by atoms with Crippen molar-refractivity contribution in [1.82, 2.24) is 9.55 Å². The van der Waals surface area contributed by atoms with E-state index in [1.54, 1.807) is 0 Å². The van der Waals surface area contributed by atoms with Crippen LogP contribution in [0.4, 0.5) is 22.7 Å². The molecule has 0 unspecified atom stereocenters. The molecule has 6 nitrogen and oxygen atoms in total. The van der Waals surface area contributed by atoms with Crippen molar-refractivity contribution in [1.29, 1.82) is 0 Å². The SMILES string of the molecule is CC(C)(C)c1ccc(-c2cccc(-c3ccc(C(C)(C)C)cc3)c2N2[CH-]N(c3[c-]c(Oc4[c-]c5c(cc4)c4c6oc7ccccc7c6ccc4n5-c4cc(C(C)(C)C)ccn4)cc(-c4c(C(C)(C)C)cccc4C(C)(C)C)c3)c3ccccc32)cc1.[Pt]. The predicted octanol–water partition coefficient (Wildman–Crippen LogP) is 22.4. The molecule has 0 N–H and O–H groups in total. The van der Waals surface area contributed by atoms with Crippen LogP contribution in [0.15, 0.2) is 193 Å². The third-order valence-corrected chi connectivity index (χ3v) is 17.3. The Labute approximate surface area is 529 Å². The summed E-state index contributed by atoms with van der Waals surface area (Å²) in [6.45, 7) is 36.5. The number of hydrogen-bond acceptors (Lipinski definition) is 5. The normalized spacial score (nSPS) is 13.3. The van der Waals surface area contributed by atoms with Crippen molar-refractivity contribution in [3.05, 3.63) is 235 Å². The first-order valence-corrected chi connectivity index (χ1v) is 30.3. The van der Waals surface area contributed by atoms with Crippen molar-refractivity contribution in [2.75, 3.05) is 9.80 Å². The van der Waals surface area contributed by atoms with Gasteiger partial charge in [-0.3, -0.25) is 0 Å². The molecule has 0 spiro atoms. The van der Waals surface area contributed by atoms with Crippen molar-refractivity contribution < 1.29 is 30.2 Å². The van der Waals surface area contributed by atoms with Crippen LogP contribution in [0, 0.1) is 18.8 Å². The fourth-order valence-electron chi connectivity index (χ4n) is 12.6. The van der Waals surface area contributed by atoms with E-state index in [9.17, 15) is 0 Å². The van der Waals surface area contributed by atoms with Crippen molar-refractivity contribution in [3.63, 3.8) is 0 Å². The molecule has 9 aromatic carbocycles. The summed E-state index contributed by atoms with van der Waals surface area (Å²) < 4.78 is 16.3. The monoisotopic (exact) mass is 1320 g/mol. The second kappa shape index (κ2) is 21.6. The van der Waals surface area contributed by atoms with Crippen molar-refractivity contribution in [2.45, 2.75) is 131 Å². The Hall–Kier alpha value is -8.18. The molecular weight excluding hydrogens is 1240 g/mol. The van der Waals surface area contributed by atoms with E-state index in [-0.39, 0.29) is 48.1 Å². The molecule has 0 saturated heterocycles. The average molecular weight is 1320 g/mol. The summed E-state index contributed by atoms with van der Waals surface area (Å²) in [5, 5.41) is 4.14. The molecule has 0 atom stereocenters. The molecule has 12 aromatic rings. The number of benzene rings is 9. The summed E-state index contributed by atoms with van der Waals surface area (Å²) in [7, 11) is 0. The molecule has 1 aliphatic rings. The molecule has 7 heteroatoms. The first kappa shape index (κ1) is 59.2. The van der Waals surface area contributed by atoms with E-state index in [0.29, 0.717) is 11.5 Å². The zero-order valence-electron chi connectivity index (χ0n) is 52.9. The summed E-state index contributed by atoms with van der Waals surface area (Å²) in [6, 6.07) is 74.0. The van der Waals surface area contributed by atoms with Gasteiger partial charge in [0.05, 0.1) is 0 Å². The van der Waals surface area contributed by atoms with E-state index in [0.717, 1.165) is 100 Å². The summed E-state index contributed by atoms with van der Waals surface area (Å²) >= 11 is 0. The minimum absolute atomic E-state index is 0. The van der Waals surface area contributed by atoms with Crippen LogP contribution >= 0.6 is 0 Å². The molecule has 1 aliphatic heterocycles. The van der Waals surface area contributed by atoms with Crippen LogP contribution in [-0.2, 0) is 48.1 Å². The van der Waals surface area contributed by atoms with Crippen molar-refractivity contribution in [2.24, 2.45) is 0 Å². The number of nitrogens with zero attached hydrogens (tertiary/aromatic N) is 4. The van der Waals surface area contributed by atoms with Gasteiger partial charge in [0.1, 0.15) is 17.0 Å². The minimum atomic E-state index is -0.188. The van der Waals surface area contributed by atoms with Crippen LogP contribution in [0.3, 0.4) is 0 Å². The Bertz CT molecular complexity index is 4500. The smallest absolute Gasteiger partial charge is 0.135 e. The maximum Gasteiger partial charge on any atom is 0.135 e. The van der Waals surface area contributed by atoms with Crippen LogP contribution < -0.4 is 14.5 Å². The number of para-hydroxylation sites is 4. The third kappa shape index (κ3) is 10.8. The molecule has 0 aliphatic carbocycles. The molecule has 0 amide bonds. The van der Waals surface area contributed by atoms with Crippen molar-refractivity contribution >= 4 is 66.5 Å². The molecule has 87 heavy (non-hydrogen) atoms. The number of furan rings is 1. The fraction of sp³-hybridized carbons (Fsp3) is 0.250. The maximum absolute atomic E-state index is 7.30. The number of hydrogen-bond donors (Lipinski definition) is 0. The Morgan fingerprint density at radius 1 is 0.460 bits per heavy atom. The summed E-state index contributed by atoms with van der Waals surface area (Å²) in [4.78, 5) is 9.75. The number of fused-ring (bicyclic) bond motifs is 8. The van der Waals surface area contributed by atoms with Gasteiger partial charge in [0.2, 0.25) is 0 Å². The van der Waals surface area contributed by atoms with Crippen LogP contribution in [-0.4, -0.2) is 9.55 Å². The molecule has 3 aromatic heterocycles. The summed E-state index contributed by atoms with van der Waals surface area (Å²) in [5.74, 6) is 1.91. The Balaban J connectivity index is 0.00000739. The molecule has 0 radical (unpaired) electrons. The number of anilines is 4. The molecule has 0 fully saturated rings. The molecule has 442 valence electrons. The quantitative estimate of drug-likeness (QED) is 0.142. The van der Waals surface area contributed by atoms with E-state index >= 15 is 0 Å². The van der Waals surface area contributed by atoms with E-state index in [1.165, 1.54) is 33.4 Å². The topological polar surface area (TPSA) is 46.7 Å². The van der Waals surface area contributed by atoms with E-state index in [1.807, 2.05) is 24.4 Å². The largest absolute Gasteiger partial charge is 0.509 e. The number of rotatable bonds is 8. The van der Waals surface area contributed by atoms with E-state index in [4.69, 9.17) is 14.1 Å². The number of aromatic nitrogens is 2. The standard InChI is InChI=1S/C80H77N4O2.Pt/c1-76(2,3)53-34-30-50(31-35-53)59-23-20-24-60(51-32-36-54(37-33-51)77(4,5)6)74(59)83-49-82(66-27-17-18-28-67(66)83)56-44-52(72-64(79(10,11)12)25-21-26-65(72)80(13,14)15)45-58(47-56)85-57-38-39-63-69(48-57)84(71-46-55(42-43-81-71)78(7,8)9)68-41-40-62-61-22-16-19-29-70(61)86-75(62)73(63)68;/h16-46,49H,1-15H3;/q-3;. The van der Waals surface area contributed by atoms with E-state index in [2.05, 4.69) is 301 Å². The molecule has 0 saturated carbocycles. The van der Waals surface area contributed by atoms with Crippen LogP contribution in [0.1, 0.15) is 132 Å². The van der Waals surface area contributed by atoms with Gasteiger partial charge in [-0.25, -0.2) is 4.98 Å². The van der Waals surface area contributed by atoms with E-state index < -0.39 is 0 Å². The number of ether oxygens (including phenoxy) is 1. The van der Waals surface area contributed by atoms with Crippen LogP contribution in [0.2, 0.25) is 0 Å². The van der Waals surface area contributed by atoms with Gasteiger partial charge in [-0.15, -0.1) is 48.3 Å². The number of pyridine rings is 1. The zero-order chi connectivity index (χ0) is 60.4. The minimum Gasteiger partial charge on any atom is -0.509 e. The maximum atomic E-state index is 7.30. The van der Waals surface area contributed by atoms with Gasteiger partial charge < -0.3 is 23.5 Å². The Morgan fingerprint density at radius 2 is 1.02 bits per heavy atom. The molecule has 13 rings (SSSR count). The van der Waals surface area contributed by atoms with Gasteiger partial charge in [0.15, 0.2) is 0 Å². The van der Waals surface area contributed by atoms with Gasteiger partial charge in [-0.1, -0.05) is 230 Å². The Morgan fingerprint density at radius 3 is 1.62 bits per heavy atom. The molecule has 4 heterocycles. The van der Waals surface area contributed by atoms with Crippen LogP contribution in [0.5, 0.6) is 11.5 Å².